The first-order valence-corrected chi connectivity index (χ1v) is 11.1. The van der Waals surface area contributed by atoms with Crippen LogP contribution in [0.4, 0.5) is 0 Å². The van der Waals surface area contributed by atoms with E-state index in [1.165, 1.54) is 31.2 Å². The van der Waals surface area contributed by atoms with Crippen molar-refractivity contribution in [2.24, 2.45) is 0 Å². The highest BCUT2D eigenvalue weighted by Crippen LogP contribution is 2.27. The van der Waals surface area contributed by atoms with Gasteiger partial charge in [-0.2, -0.15) is 0 Å². The molecule has 0 bridgehead atoms. The second-order valence-electron chi connectivity index (χ2n) is 8.00. The highest BCUT2D eigenvalue weighted by Gasteiger charge is 2.23. The van der Waals surface area contributed by atoms with Gasteiger partial charge < -0.3 is 9.30 Å². The summed E-state index contributed by atoms with van der Waals surface area (Å²) >= 11 is 6.13. The number of benzene rings is 2. The number of imidazole rings is 1. The Balaban J connectivity index is 1.55. The van der Waals surface area contributed by atoms with Gasteiger partial charge in [-0.3, -0.25) is 4.90 Å². The molecule has 0 amide bonds. The van der Waals surface area contributed by atoms with Crippen LogP contribution in [-0.4, -0.2) is 34.1 Å². The van der Waals surface area contributed by atoms with Crippen molar-refractivity contribution in [2.45, 2.75) is 52.1 Å². The number of halogens is 1. The zero-order valence-electron chi connectivity index (χ0n) is 17.4. The smallest absolute Gasteiger partial charge is 0.127 e. The molecule has 1 saturated heterocycles. The molecule has 5 heteroatoms. The highest BCUT2D eigenvalue weighted by molar-refractivity contribution is 6.31. The molecule has 2 heterocycles. The molecule has 0 saturated carbocycles. The average molecular weight is 412 g/mol. The van der Waals surface area contributed by atoms with Crippen LogP contribution in [0.2, 0.25) is 5.02 Å². The van der Waals surface area contributed by atoms with Gasteiger partial charge in [-0.15, -0.1) is 0 Å². The van der Waals surface area contributed by atoms with E-state index < -0.39 is 0 Å². The van der Waals surface area contributed by atoms with Crippen molar-refractivity contribution in [1.29, 1.82) is 0 Å². The van der Waals surface area contributed by atoms with E-state index in [2.05, 4.69) is 40.7 Å². The van der Waals surface area contributed by atoms with Crippen molar-refractivity contribution in [2.75, 3.05) is 19.7 Å². The summed E-state index contributed by atoms with van der Waals surface area (Å²) in [6, 6.07) is 14.5. The Hall–Kier alpha value is -2.04. The van der Waals surface area contributed by atoms with Crippen molar-refractivity contribution in [3.8, 4) is 5.75 Å². The van der Waals surface area contributed by atoms with E-state index in [1.54, 1.807) is 0 Å². The fourth-order valence-electron chi connectivity index (χ4n) is 4.26. The lowest BCUT2D eigenvalue weighted by Gasteiger charge is -2.27. The van der Waals surface area contributed by atoms with Gasteiger partial charge in [-0.25, -0.2) is 4.98 Å². The van der Waals surface area contributed by atoms with Crippen molar-refractivity contribution < 1.29 is 4.74 Å². The van der Waals surface area contributed by atoms with Crippen LogP contribution in [0.3, 0.4) is 0 Å². The second kappa shape index (κ2) is 9.19. The third kappa shape index (κ3) is 4.59. The Morgan fingerprint density at radius 2 is 1.83 bits per heavy atom. The predicted molar refractivity (Wildman–Crippen MR) is 120 cm³/mol. The lowest BCUT2D eigenvalue weighted by atomic mass is 10.2. The number of ether oxygens (including phenoxy) is 1. The number of likely N-dealkylation sites (tertiary alicyclic amines) is 1. The minimum Gasteiger partial charge on any atom is -0.492 e. The van der Waals surface area contributed by atoms with Crippen LogP contribution in [0.25, 0.3) is 11.0 Å². The van der Waals surface area contributed by atoms with Crippen LogP contribution in [0, 0.1) is 6.92 Å². The Morgan fingerprint density at radius 1 is 1.07 bits per heavy atom. The van der Waals surface area contributed by atoms with Crippen molar-refractivity contribution in [3.05, 3.63) is 58.9 Å². The minimum absolute atomic E-state index is 0.304. The van der Waals surface area contributed by atoms with Crippen LogP contribution in [0.1, 0.15) is 50.0 Å². The van der Waals surface area contributed by atoms with E-state index in [4.69, 9.17) is 21.3 Å². The molecular weight excluding hydrogens is 382 g/mol. The van der Waals surface area contributed by atoms with Gasteiger partial charge in [0.2, 0.25) is 0 Å². The van der Waals surface area contributed by atoms with Crippen LogP contribution in [0.15, 0.2) is 42.5 Å². The molecule has 1 aromatic heterocycles. The van der Waals surface area contributed by atoms with E-state index in [9.17, 15) is 0 Å². The third-order valence-electron chi connectivity index (χ3n) is 5.96. The van der Waals surface area contributed by atoms with E-state index >= 15 is 0 Å². The molecule has 0 radical (unpaired) electrons. The molecule has 154 valence electrons. The summed E-state index contributed by atoms with van der Waals surface area (Å²) in [6.45, 7) is 7.98. The molecular formula is C24H30ClN3O. The van der Waals surface area contributed by atoms with Crippen molar-refractivity contribution in [3.63, 3.8) is 0 Å². The fraction of sp³-hybridized carbons (Fsp3) is 0.458. The normalized spacial score (nSPS) is 16.7. The minimum atomic E-state index is 0.304. The number of nitrogens with zero attached hydrogens (tertiary/aromatic N) is 3. The van der Waals surface area contributed by atoms with Gasteiger partial charge in [0.25, 0.3) is 0 Å². The molecule has 2 aromatic carbocycles. The molecule has 1 aliphatic rings. The second-order valence-corrected chi connectivity index (χ2v) is 8.40. The molecule has 0 aliphatic carbocycles. The number of rotatable bonds is 6. The molecule has 1 aliphatic heterocycles. The van der Waals surface area contributed by atoms with Crippen LogP contribution >= 0.6 is 11.6 Å². The zero-order chi connectivity index (χ0) is 20.2. The summed E-state index contributed by atoms with van der Waals surface area (Å²) in [5.74, 6) is 2.00. The maximum Gasteiger partial charge on any atom is 0.127 e. The first-order valence-electron chi connectivity index (χ1n) is 10.7. The highest BCUT2D eigenvalue weighted by atomic mass is 35.5. The molecule has 0 N–H and O–H groups in total. The molecule has 0 spiro atoms. The number of hydrogen-bond donors (Lipinski definition) is 0. The van der Waals surface area contributed by atoms with Gasteiger partial charge in [-0.05, 0) is 75.7 Å². The largest absolute Gasteiger partial charge is 0.492 e. The van der Waals surface area contributed by atoms with E-state index in [-0.39, 0.29) is 0 Å². The van der Waals surface area contributed by atoms with Crippen molar-refractivity contribution in [1.82, 2.24) is 14.5 Å². The Bertz CT molecular complexity index is 960. The van der Waals surface area contributed by atoms with Gasteiger partial charge in [0.15, 0.2) is 0 Å². The van der Waals surface area contributed by atoms with E-state index in [0.29, 0.717) is 12.6 Å². The van der Waals surface area contributed by atoms with Crippen LogP contribution in [-0.2, 0) is 6.54 Å². The Morgan fingerprint density at radius 3 is 2.59 bits per heavy atom. The molecule has 29 heavy (non-hydrogen) atoms. The molecule has 1 unspecified atom stereocenters. The summed E-state index contributed by atoms with van der Waals surface area (Å²) in [5.41, 5.74) is 3.28. The lowest BCUT2D eigenvalue weighted by molar-refractivity contribution is 0.204. The lowest BCUT2D eigenvalue weighted by Crippen LogP contribution is -2.30. The summed E-state index contributed by atoms with van der Waals surface area (Å²) in [6.07, 6.45) is 5.25. The van der Waals surface area contributed by atoms with Gasteiger partial charge in [0, 0.05) is 5.02 Å². The van der Waals surface area contributed by atoms with Gasteiger partial charge in [0.05, 0.1) is 23.6 Å². The maximum atomic E-state index is 6.13. The van der Waals surface area contributed by atoms with E-state index in [1.807, 2.05) is 25.1 Å². The van der Waals surface area contributed by atoms with Crippen LogP contribution in [0.5, 0.6) is 5.75 Å². The zero-order valence-corrected chi connectivity index (χ0v) is 18.2. The maximum absolute atomic E-state index is 6.13. The summed E-state index contributed by atoms with van der Waals surface area (Å²) in [4.78, 5) is 7.61. The number of hydrogen-bond acceptors (Lipinski definition) is 3. The number of aryl methyl sites for hydroxylation is 1. The summed E-state index contributed by atoms with van der Waals surface area (Å²) in [5, 5.41) is 0.770. The topological polar surface area (TPSA) is 30.3 Å². The quantitative estimate of drug-likeness (QED) is 0.497. The monoisotopic (exact) mass is 411 g/mol. The standard InChI is InChI=1S/C24H30ClN3O/c1-18-17-20(11-12-21(18)25)29-16-15-28-23-10-6-5-9-22(23)26-24(28)19(2)27-13-7-3-4-8-14-27/h5-6,9-12,17,19H,3-4,7-8,13-16H2,1-2H3. The molecule has 4 nitrogen and oxygen atoms in total. The van der Waals surface area contributed by atoms with Gasteiger partial charge >= 0.3 is 0 Å². The number of para-hydroxylation sites is 2. The summed E-state index contributed by atoms with van der Waals surface area (Å²) < 4.78 is 8.38. The van der Waals surface area contributed by atoms with Gasteiger partial charge in [-0.1, -0.05) is 36.6 Å². The van der Waals surface area contributed by atoms with Gasteiger partial charge in [0.1, 0.15) is 18.2 Å². The molecule has 3 aromatic rings. The molecule has 1 fully saturated rings. The fourth-order valence-corrected chi connectivity index (χ4v) is 4.37. The van der Waals surface area contributed by atoms with E-state index in [0.717, 1.165) is 47.3 Å². The summed E-state index contributed by atoms with van der Waals surface area (Å²) in [7, 11) is 0. The predicted octanol–water partition coefficient (Wildman–Crippen LogP) is 6.01. The first kappa shape index (κ1) is 20.2. The Kier molecular flexibility index (Phi) is 6.41. The molecule has 1 atom stereocenters. The average Bonchev–Trinajstić information content (AvgIpc) is 2.89. The third-order valence-corrected chi connectivity index (χ3v) is 6.38. The van der Waals surface area contributed by atoms with Crippen LogP contribution < -0.4 is 4.74 Å². The van der Waals surface area contributed by atoms with Crippen molar-refractivity contribution >= 4 is 22.6 Å². The number of fused-ring (bicyclic) bond motifs is 1. The first-order chi connectivity index (χ1) is 14.1. The molecule has 4 rings (SSSR count). The number of aromatic nitrogens is 2. The Labute approximate surface area is 178 Å². The SMILES string of the molecule is Cc1cc(OCCn2c(C(C)N3CCCCCC3)nc3ccccc32)ccc1Cl.